The summed E-state index contributed by atoms with van der Waals surface area (Å²) in [6.07, 6.45) is 16.7. The van der Waals surface area contributed by atoms with Crippen LogP contribution in [0.25, 0.3) is 27.3 Å². The van der Waals surface area contributed by atoms with Crippen molar-refractivity contribution < 1.29 is 19.4 Å². The van der Waals surface area contributed by atoms with Crippen LogP contribution in [-0.2, 0) is 11.3 Å². The largest absolute Gasteiger partial charge is 0.507 e. The summed E-state index contributed by atoms with van der Waals surface area (Å²) in [5.74, 6) is 0.0507. The third kappa shape index (κ3) is 6.84. The second-order valence-electron chi connectivity index (χ2n) is 11.4. The van der Waals surface area contributed by atoms with Crippen molar-refractivity contribution >= 4 is 39.9 Å². The van der Waals surface area contributed by atoms with E-state index >= 15 is 0 Å². The molecule has 4 aromatic rings. The molecule has 4 nitrogen and oxygen atoms in total. The van der Waals surface area contributed by atoms with E-state index in [1.54, 1.807) is 18.4 Å². The quantitative estimate of drug-likeness (QED) is 0.127. The van der Waals surface area contributed by atoms with E-state index in [9.17, 15) is 14.7 Å². The Balaban J connectivity index is 1.28. The van der Waals surface area contributed by atoms with Crippen molar-refractivity contribution in [1.82, 2.24) is 0 Å². The van der Waals surface area contributed by atoms with E-state index < -0.39 is 0 Å². The second-order valence-corrected chi connectivity index (χ2v) is 11.4. The molecular formula is C38H34O4. The van der Waals surface area contributed by atoms with Crippen molar-refractivity contribution in [1.29, 1.82) is 0 Å². The summed E-state index contributed by atoms with van der Waals surface area (Å²) in [6, 6.07) is 23.3. The van der Waals surface area contributed by atoms with Crippen LogP contribution in [0.15, 0.2) is 127 Å². The fourth-order valence-corrected chi connectivity index (χ4v) is 5.55. The maximum atomic E-state index is 11.7. The Morgan fingerprint density at radius 2 is 1.45 bits per heavy atom. The summed E-state index contributed by atoms with van der Waals surface area (Å²) in [7, 11) is 0. The van der Waals surface area contributed by atoms with Crippen LogP contribution in [0.4, 0.5) is 0 Å². The minimum Gasteiger partial charge on any atom is -0.507 e. The highest BCUT2D eigenvalue weighted by molar-refractivity contribution is 5.95. The number of aliphatic hydroxyl groups excluding tert-OH is 1. The van der Waals surface area contributed by atoms with Gasteiger partial charge >= 0.3 is 0 Å². The van der Waals surface area contributed by atoms with Crippen molar-refractivity contribution in [2.75, 3.05) is 0 Å². The van der Waals surface area contributed by atoms with Gasteiger partial charge in [-0.15, -0.1) is 0 Å². The highest BCUT2D eigenvalue weighted by atomic mass is 16.5. The van der Waals surface area contributed by atoms with Gasteiger partial charge in [0.1, 0.15) is 18.7 Å². The molecule has 0 spiro atoms. The number of aliphatic hydroxyl groups is 1. The summed E-state index contributed by atoms with van der Waals surface area (Å²) in [5.41, 5.74) is 4.86. The molecule has 1 N–H and O–H groups in total. The lowest BCUT2D eigenvalue weighted by molar-refractivity contribution is 0.111. The number of hydrogen-bond acceptors (Lipinski definition) is 4. The van der Waals surface area contributed by atoms with Crippen LogP contribution < -0.4 is 0 Å². The molecular weight excluding hydrogens is 520 g/mol. The number of rotatable bonds is 9. The number of carbonyl (C=O) groups is 2. The normalized spacial score (nSPS) is 16.4. The number of carbonyl (C=O) groups excluding carboxylic acids is 2. The van der Waals surface area contributed by atoms with Gasteiger partial charge in [-0.05, 0) is 87.4 Å². The Hall–Kier alpha value is -4.96. The highest BCUT2D eigenvalue weighted by Gasteiger charge is 2.24. The van der Waals surface area contributed by atoms with E-state index in [0.29, 0.717) is 23.3 Å². The van der Waals surface area contributed by atoms with Crippen LogP contribution >= 0.6 is 0 Å². The Labute approximate surface area is 246 Å². The molecule has 1 aliphatic rings. The maximum Gasteiger partial charge on any atom is 0.150 e. The molecule has 0 saturated carbocycles. The average Bonchev–Trinajstić information content (AvgIpc) is 2.99. The summed E-state index contributed by atoms with van der Waals surface area (Å²) in [4.78, 5) is 23.3. The van der Waals surface area contributed by atoms with Crippen molar-refractivity contribution in [3.63, 3.8) is 0 Å². The molecule has 0 unspecified atom stereocenters. The fraction of sp³-hybridized carbons (Fsp3) is 0.158. The summed E-state index contributed by atoms with van der Waals surface area (Å²) in [5, 5.41) is 14.8. The molecule has 4 heteroatoms. The molecule has 0 amide bonds. The Morgan fingerprint density at radius 1 is 0.833 bits per heavy atom. The SMILES string of the molecule is CC1(C)CC(/C=C/C=C(\O)c2cc3ccccc3cc2C=O)=CC(=C/C=C/OCc2cc3ccccc3cc2C=O)/C1. The van der Waals surface area contributed by atoms with Gasteiger partial charge in [-0.2, -0.15) is 0 Å². The zero-order chi connectivity index (χ0) is 29.5. The molecule has 0 saturated heterocycles. The Morgan fingerprint density at radius 3 is 2.12 bits per heavy atom. The van der Waals surface area contributed by atoms with Gasteiger partial charge in [-0.25, -0.2) is 0 Å². The van der Waals surface area contributed by atoms with E-state index in [1.165, 1.54) is 5.57 Å². The van der Waals surface area contributed by atoms with Crippen molar-refractivity contribution in [3.05, 3.63) is 149 Å². The van der Waals surface area contributed by atoms with E-state index in [2.05, 4.69) is 26.0 Å². The monoisotopic (exact) mass is 554 g/mol. The molecule has 0 bridgehead atoms. The van der Waals surface area contributed by atoms with Gasteiger partial charge in [0.05, 0.1) is 6.26 Å². The summed E-state index contributed by atoms with van der Waals surface area (Å²) < 4.78 is 5.78. The number of ether oxygens (including phenoxy) is 1. The van der Waals surface area contributed by atoms with Gasteiger partial charge in [0.15, 0.2) is 6.29 Å². The van der Waals surface area contributed by atoms with Gasteiger partial charge in [0.25, 0.3) is 0 Å². The summed E-state index contributed by atoms with van der Waals surface area (Å²) >= 11 is 0. The molecule has 0 heterocycles. The molecule has 1 aliphatic carbocycles. The number of aldehydes is 2. The van der Waals surface area contributed by atoms with E-state index in [4.69, 9.17) is 4.74 Å². The number of allylic oxidation sites excluding steroid dienone is 8. The molecule has 0 aliphatic heterocycles. The zero-order valence-electron chi connectivity index (χ0n) is 23.9. The van der Waals surface area contributed by atoms with Gasteiger partial charge in [-0.1, -0.05) is 86.7 Å². The first-order valence-corrected chi connectivity index (χ1v) is 14.1. The fourth-order valence-electron chi connectivity index (χ4n) is 5.55. The standard InChI is InChI=1S/C38H34O4/c1-38(2)22-27(9-7-15-37(41)36-21-32-14-6-5-12-30(32)19-34(36)25-40)17-28(23-38)10-8-16-42-26-35-20-31-13-4-3-11-29(31)18-33(35)24-39/h3-21,24-25,41H,22-23,26H2,1-2H3/b9-7+,16-8+,28-10-,37-15-. The molecule has 4 aromatic carbocycles. The van der Waals surface area contributed by atoms with Crippen molar-refractivity contribution in [3.8, 4) is 0 Å². The second kappa shape index (κ2) is 12.7. The molecule has 42 heavy (non-hydrogen) atoms. The first kappa shape index (κ1) is 28.6. The summed E-state index contributed by atoms with van der Waals surface area (Å²) in [6.45, 7) is 4.79. The van der Waals surface area contributed by atoms with Crippen LogP contribution in [0.3, 0.4) is 0 Å². The highest BCUT2D eigenvalue weighted by Crippen LogP contribution is 2.38. The van der Waals surface area contributed by atoms with E-state index in [0.717, 1.165) is 58.1 Å². The first-order valence-electron chi connectivity index (χ1n) is 14.1. The van der Waals surface area contributed by atoms with Gasteiger partial charge in [0, 0.05) is 22.3 Å². The molecule has 5 rings (SSSR count). The predicted octanol–water partition coefficient (Wildman–Crippen LogP) is 9.48. The van der Waals surface area contributed by atoms with Crippen LogP contribution in [0.1, 0.15) is 58.5 Å². The first-order chi connectivity index (χ1) is 20.3. The third-order valence-electron chi connectivity index (χ3n) is 7.48. The van der Waals surface area contributed by atoms with Crippen LogP contribution in [0, 0.1) is 5.41 Å². The average molecular weight is 555 g/mol. The third-order valence-corrected chi connectivity index (χ3v) is 7.48. The predicted molar refractivity (Wildman–Crippen MR) is 172 cm³/mol. The Bertz CT molecular complexity index is 1800. The van der Waals surface area contributed by atoms with Crippen LogP contribution in [0.5, 0.6) is 0 Å². The minimum absolute atomic E-state index is 0.0507. The molecule has 0 radical (unpaired) electrons. The topological polar surface area (TPSA) is 63.6 Å². The van der Waals surface area contributed by atoms with Gasteiger partial charge in [0.2, 0.25) is 0 Å². The number of fused-ring (bicyclic) bond motifs is 2. The lowest BCUT2D eigenvalue weighted by atomic mass is 9.75. The van der Waals surface area contributed by atoms with Crippen molar-refractivity contribution in [2.45, 2.75) is 33.3 Å². The zero-order valence-corrected chi connectivity index (χ0v) is 23.9. The molecule has 210 valence electrons. The lowest BCUT2D eigenvalue weighted by Gasteiger charge is -2.30. The maximum absolute atomic E-state index is 11.7. The minimum atomic E-state index is 0.0507. The van der Waals surface area contributed by atoms with Crippen LogP contribution in [-0.4, -0.2) is 17.7 Å². The lowest BCUT2D eigenvalue weighted by Crippen LogP contribution is -2.16. The molecule has 0 fully saturated rings. The number of benzene rings is 4. The van der Waals surface area contributed by atoms with Crippen molar-refractivity contribution in [2.24, 2.45) is 5.41 Å². The van der Waals surface area contributed by atoms with E-state index in [-0.39, 0.29) is 11.2 Å². The number of hydrogen-bond donors (Lipinski definition) is 1. The Kier molecular flexibility index (Phi) is 8.63. The van der Waals surface area contributed by atoms with E-state index in [1.807, 2.05) is 85.0 Å². The molecule has 0 atom stereocenters. The van der Waals surface area contributed by atoms with Crippen LogP contribution in [0.2, 0.25) is 0 Å². The smallest absolute Gasteiger partial charge is 0.150 e. The van der Waals surface area contributed by atoms with Gasteiger partial charge in [-0.3, -0.25) is 9.59 Å². The van der Waals surface area contributed by atoms with Gasteiger partial charge < -0.3 is 9.84 Å². The molecule has 0 aromatic heterocycles.